The van der Waals surface area contributed by atoms with Gasteiger partial charge in [-0.15, -0.1) is 0 Å². The maximum atomic E-state index is 12.4. The van der Waals surface area contributed by atoms with Crippen LogP contribution in [0.4, 0.5) is 0 Å². The summed E-state index contributed by atoms with van der Waals surface area (Å²) in [5, 5.41) is 19.7. The van der Waals surface area contributed by atoms with Crippen molar-refractivity contribution in [2.24, 2.45) is 0 Å². The van der Waals surface area contributed by atoms with Gasteiger partial charge in [0.05, 0.1) is 12.1 Å². The Balaban J connectivity index is 2.15. The van der Waals surface area contributed by atoms with Gasteiger partial charge in [-0.2, -0.15) is 0 Å². The normalized spacial score (nSPS) is 23.1. The van der Waals surface area contributed by atoms with E-state index >= 15 is 0 Å². The third-order valence-electron chi connectivity index (χ3n) is 3.97. The molecule has 4 nitrogen and oxygen atoms in total. The molecule has 0 spiro atoms. The maximum absolute atomic E-state index is 12.4. The number of aromatic hydroxyl groups is 1. The van der Waals surface area contributed by atoms with E-state index in [1.807, 2.05) is 0 Å². The lowest BCUT2D eigenvalue weighted by Gasteiger charge is -2.35. The van der Waals surface area contributed by atoms with Crippen LogP contribution in [0.25, 0.3) is 0 Å². The number of carbonyl (C=O) groups excluding carboxylic acids is 1. The van der Waals surface area contributed by atoms with Crippen molar-refractivity contribution < 1.29 is 15.0 Å². The van der Waals surface area contributed by atoms with E-state index in [0.29, 0.717) is 5.56 Å². The SMILES string of the molecule is Cc1ccc(C(=O)N(C)C2CCCCC2O)cc1O. The summed E-state index contributed by atoms with van der Waals surface area (Å²) in [5.41, 5.74) is 1.21. The maximum Gasteiger partial charge on any atom is 0.254 e. The monoisotopic (exact) mass is 263 g/mol. The van der Waals surface area contributed by atoms with Gasteiger partial charge in [0, 0.05) is 12.6 Å². The Kier molecular flexibility index (Phi) is 4.10. The Morgan fingerprint density at radius 2 is 2.00 bits per heavy atom. The molecule has 1 aromatic rings. The molecule has 1 fully saturated rings. The van der Waals surface area contributed by atoms with E-state index in [4.69, 9.17) is 0 Å². The Bertz CT molecular complexity index is 472. The molecule has 0 aliphatic heterocycles. The Hall–Kier alpha value is -1.55. The van der Waals surface area contributed by atoms with Gasteiger partial charge in [0.2, 0.25) is 0 Å². The number of hydrogen-bond acceptors (Lipinski definition) is 3. The number of hydrogen-bond donors (Lipinski definition) is 2. The molecule has 1 saturated carbocycles. The van der Waals surface area contributed by atoms with E-state index in [1.165, 1.54) is 6.07 Å². The number of rotatable bonds is 2. The van der Waals surface area contributed by atoms with Crippen LogP contribution in [0.2, 0.25) is 0 Å². The van der Waals surface area contributed by atoms with Gasteiger partial charge >= 0.3 is 0 Å². The van der Waals surface area contributed by atoms with Crippen LogP contribution in [0, 0.1) is 6.92 Å². The molecule has 4 heteroatoms. The first kappa shape index (κ1) is 13.9. The van der Waals surface area contributed by atoms with E-state index < -0.39 is 6.10 Å². The van der Waals surface area contributed by atoms with Crippen molar-refractivity contribution in [1.29, 1.82) is 0 Å². The minimum atomic E-state index is -0.443. The second kappa shape index (κ2) is 5.61. The number of phenolic OH excluding ortho intramolecular Hbond substituents is 1. The van der Waals surface area contributed by atoms with Gasteiger partial charge in [-0.1, -0.05) is 18.9 Å². The minimum absolute atomic E-state index is 0.121. The second-order valence-corrected chi connectivity index (χ2v) is 5.34. The van der Waals surface area contributed by atoms with E-state index in [0.717, 1.165) is 31.2 Å². The third-order valence-corrected chi connectivity index (χ3v) is 3.97. The van der Waals surface area contributed by atoms with Gasteiger partial charge in [-0.25, -0.2) is 0 Å². The van der Waals surface area contributed by atoms with Crippen LogP contribution in [0.5, 0.6) is 5.75 Å². The summed E-state index contributed by atoms with van der Waals surface area (Å²) < 4.78 is 0. The predicted octanol–water partition coefficient (Wildman–Crippen LogP) is 2.08. The van der Waals surface area contributed by atoms with E-state index in [2.05, 4.69) is 0 Å². The van der Waals surface area contributed by atoms with E-state index in [1.54, 1.807) is 31.0 Å². The van der Waals surface area contributed by atoms with E-state index in [9.17, 15) is 15.0 Å². The fourth-order valence-electron chi connectivity index (χ4n) is 2.64. The van der Waals surface area contributed by atoms with Crippen molar-refractivity contribution in [3.8, 4) is 5.75 Å². The van der Waals surface area contributed by atoms with Crippen LogP contribution >= 0.6 is 0 Å². The van der Waals surface area contributed by atoms with Crippen LogP contribution in [0.15, 0.2) is 18.2 Å². The molecule has 1 aromatic carbocycles. The summed E-state index contributed by atoms with van der Waals surface area (Å²) in [6.45, 7) is 1.79. The van der Waals surface area contributed by atoms with Crippen LogP contribution in [0.1, 0.15) is 41.6 Å². The molecule has 0 radical (unpaired) electrons. The first-order valence-electron chi connectivity index (χ1n) is 6.75. The second-order valence-electron chi connectivity index (χ2n) is 5.34. The average molecular weight is 263 g/mol. The summed E-state index contributed by atoms with van der Waals surface area (Å²) in [5.74, 6) is -0.0234. The lowest BCUT2D eigenvalue weighted by atomic mass is 9.91. The lowest BCUT2D eigenvalue weighted by molar-refractivity contribution is 0.0268. The molecule has 0 aromatic heterocycles. The molecule has 104 valence electrons. The van der Waals surface area contributed by atoms with Crippen LogP contribution in [-0.4, -0.2) is 40.2 Å². The van der Waals surface area contributed by atoms with Gasteiger partial charge in [-0.05, 0) is 37.5 Å². The van der Waals surface area contributed by atoms with Crippen molar-refractivity contribution in [2.75, 3.05) is 7.05 Å². The van der Waals surface area contributed by atoms with Crippen molar-refractivity contribution in [1.82, 2.24) is 4.90 Å². The molecule has 19 heavy (non-hydrogen) atoms. The summed E-state index contributed by atoms with van der Waals surface area (Å²) >= 11 is 0. The van der Waals surface area contributed by atoms with Gasteiger partial charge in [0.1, 0.15) is 5.75 Å². The van der Waals surface area contributed by atoms with Crippen molar-refractivity contribution in [3.63, 3.8) is 0 Å². The molecular weight excluding hydrogens is 242 g/mol. The Morgan fingerprint density at radius 1 is 1.32 bits per heavy atom. The minimum Gasteiger partial charge on any atom is -0.508 e. The number of aryl methyl sites for hydroxylation is 1. The van der Waals surface area contributed by atoms with Gasteiger partial charge < -0.3 is 15.1 Å². The van der Waals surface area contributed by atoms with Gasteiger partial charge in [-0.3, -0.25) is 4.79 Å². The molecule has 2 atom stereocenters. The first-order valence-corrected chi connectivity index (χ1v) is 6.75. The molecule has 0 saturated heterocycles. The fraction of sp³-hybridized carbons (Fsp3) is 0.533. The zero-order chi connectivity index (χ0) is 14.0. The number of carbonyl (C=O) groups is 1. The number of aliphatic hydroxyl groups is 1. The summed E-state index contributed by atoms with van der Waals surface area (Å²) in [6, 6.07) is 4.81. The predicted molar refractivity (Wildman–Crippen MR) is 73.2 cm³/mol. The van der Waals surface area contributed by atoms with Crippen molar-refractivity contribution in [2.45, 2.75) is 44.8 Å². The molecule has 2 unspecified atom stereocenters. The lowest BCUT2D eigenvalue weighted by Crippen LogP contribution is -2.46. The van der Waals surface area contributed by atoms with Gasteiger partial charge in [0.25, 0.3) is 5.91 Å². The topological polar surface area (TPSA) is 60.8 Å². The van der Waals surface area contributed by atoms with Gasteiger partial charge in [0.15, 0.2) is 0 Å². The number of likely N-dealkylation sites (N-methyl/N-ethyl adjacent to an activating group) is 1. The summed E-state index contributed by atoms with van der Waals surface area (Å²) in [6.07, 6.45) is 3.20. The average Bonchev–Trinajstić information content (AvgIpc) is 2.41. The standard InChI is InChI=1S/C15H21NO3/c1-10-7-8-11(9-14(10)18)15(19)16(2)12-5-3-4-6-13(12)17/h7-9,12-13,17-18H,3-6H2,1-2H3. The molecule has 2 rings (SSSR count). The number of phenols is 1. The quantitative estimate of drug-likeness (QED) is 0.858. The van der Waals surface area contributed by atoms with Crippen molar-refractivity contribution in [3.05, 3.63) is 29.3 Å². The first-order chi connectivity index (χ1) is 9.00. The van der Waals surface area contributed by atoms with Crippen LogP contribution < -0.4 is 0 Å². The molecular formula is C15H21NO3. The highest BCUT2D eigenvalue weighted by molar-refractivity contribution is 5.94. The Labute approximate surface area is 113 Å². The van der Waals surface area contributed by atoms with Crippen molar-refractivity contribution >= 4 is 5.91 Å². The largest absolute Gasteiger partial charge is 0.508 e. The van der Waals surface area contributed by atoms with Crippen LogP contribution in [0.3, 0.4) is 0 Å². The van der Waals surface area contributed by atoms with Crippen LogP contribution in [-0.2, 0) is 0 Å². The highest BCUT2D eigenvalue weighted by Gasteiger charge is 2.29. The number of aliphatic hydroxyl groups excluding tert-OH is 1. The molecule has 0 heterocycles. The fourth-order valence-corrected chi connectivity index (χ4v) is 2.64. The molecule has 2 N–H and O–H groups in total. The highest BCUT2D eigenvalue weighted by atomic mass is 16.3. The number of benzene rings is 1. The zero-order valence-electron chi connectivity index (χ0n) is 11.5. The highest BCUT2D eigenvalue weighted by Crippen LogP contribution is 2.25. The molecule has 1 aliphatic rings. The van der Waals surface area contributed by atoms with E-state index in [-0.39, 0.29) is 17.7 Å². The molecule has 1 aliphatic carbocycles. The number of nitrogens with zero attached hydrogens (tertiary/aromatic N) is 1. The third kappa shape index (κ3) is 2.89. The summed E-state index contributed by atoms with van der Waals surface area (Å²) in [4.78, 5) is 14.0. The Morgan fingerprint density at radius 3 is 2.63 bits per heavy atom. The summed E-state index contributed by atoms with van der Waals surface area (Å²) in [7, 11) is 1.72. The molecule has 1 amide bonds. The number of amides is 1. The zero-order valence-corrected chi connectivity index (χ0v) is 11.5. The smallest absolute Gasteiger partial charge is 0.254 e. The molecule has 0 bridgehead atoms.